The first-order valence-corrected chi connectivity index (χ1v) is 6.79. The molecule has 0 bridgehead atoms. The van der Waals surface area contributed by atoms with Gasteiger partial charge in [-0.25, -0.2) is 4.39 Å². The van der Waals surface area contributed by atoms with Crippen molar-refractivity contribution in [2.24, 2.45) is 0 Å². The summed E-state index contributed by atoms with van der Waals surface area (Å²) in [5.74, 6) is 0.194. The smallest absolute Gasteiger partial charge is 0.256 e. The first-order chi connectivity index (χ1) is 10.0. The summed E-state index contributed by atoms with van der Waals surface area (Å²) in [5.41, 5.74) is 6.18. The van der Waals surface area contributed by atoms with Crippen molar-refractivity contribution in [3.05, 3.63) is 46.2 Å². The molecule has 3 rings (SSSR count). The number of benzene rings is 2. The molecule has 1 aliphatic heterocycles. The molecule has 3 N–H and O–H groups in total. The fourth-order valence-electron chi connectivity index (χ4n) is 1.91. The van der Waals surface area contributed by atoms with E-state index in [0.29, 0.717) is 21.7 Å². The van der Waals surface area contributed by atoms with Gasteiger partial charge in [0.1, 0.15) is 5.82 Å². The summed E-state index contributed by atoms with van der Waals surface area (Å²) < 4.78 is 24.0. The van der Waals surface area contributed by atoms with E-state index in [1.807, 2.05) is 0 Å². The van der Waals surface area contributed by atoms with Crippen LogP contribution in [-0.2, 0) is 0 Å². The van der Waals surface area contributed by atoms with Gasteiger partial charge in [-0.3, -0.25) is 4.79 Å². The third-order valence-corrected chi connectivity index (χ3v) is 3.62. The van der Waals surface area contributed by atoms with Gasteiger partial charge in [0, 0.05) is 16.2 Å². The minimum Gasteiger partial charge on any atom is -0.454 e. The zero-order valence-corrected chi connectivity index (χ0v) is 12.2. The molecule has 0 aliphatic carbocycles. The minimum absolute atomic E-state index is 0.0889. The van der Waals surface area contributed by atoms with Crippen molar-refractivity contribution in [1.29, 1.82) is 0 Å². The lowest BCUT2D eigenvalue weighted by Gasteiger charge is -2.09. The zero-order chi connectivity index (χ0) is 15.0. The number of hydrogen-bond donors (Lipinski definition) is 2. The van der Waals surface area contributed by atoms with Gasteiger partial charge in [-0.2, -0.15) is 0 Å². The highest BCUT2D eigenvalue weighted by Gasteiger charge is 2.16. The Morgan fingerprint density at radius 2 is 2.00 bits per heavy atom. The molecule has 0 saturated heterocycles. The topological polar surface area (TPSA) is 73.6 Å². The molecule has 7 heteroatoms. The Morgan fingerprint density at radius 1 is 1.24 bits per heavy atom. The van der Waals surface area contributed by atoms with E-state index in [2.05, 4.69) is 21.2 Å². The Morgan fingerprint density at radius 3 is 2.81 bits per heavy atom. The second-order valence-corrected chi connectivity index (χ2v) is 5.23. The van der Waals surface area contributed by atoms with Crippen molar-refractivity contribution >= 4 is 33.2 Å². The standard InChI is InChI=1S/C14H10BrFN2O3/c15-9-5-10(16)11(17)4-8(9)14(19)18-7-1-2-12-13(3-7)21-6-20-12/h1-5H,6,17H2,(H,18,19). The molecule has 0 saturated carbocycles. The lowest BCUT2D eigenvalue weighted by molar-refractivity contribution is 0.102. The van der Waals surface area contributed by atoms with E-state index in [1.165, 1.54) is 6.07 Å². The fraction of sp³-hybridized carbons (Fsp3) is 0.0714. The van der Waals surface area contributed by atoms with Crippen LogP contribution in [0.3, 0.4) is 0 Å². The molecule has 1 heterocycles. The van der Waals surface area contributed by atoms with Crippen LogP contribution in [0.1, 0.15) is 10.4 Å². The zero-order valence-electron chi connectivity index (χ0n) is 10.7. The maximum atomic E-state index is 13.3. The molecule has 0 unspecified atom stereocenters. The number of fused-ring (bicyclic) bond motifs is 1. The van der Waals surface area contributed by atoms with E-state index in [-0.39, 0.29) is 18.0 Å². The van der Waals surface area contributed by atoms with Crippen molar-refractivity contribution in [3.8, 4) is 11.5 Å². The molecule has 0 atom stereocenters. The number of nitrogen functional groups attached to an aromatic ring is 1. The van der Waals surface area contributed by atoms with Gasteiger partial charge >= 0.3 is 0 Å². The van der Waals surface area contributed by atoms with Crippen molar-refractivity contribution in [2.45, 2.75) is 0 Å². The first-order valence-electron chi connectivity index (χ1n) is 6.00. The van der Waals surface area contributed by atoms with Crippen molar-refractivity contribution < 1.29 is 18.7 Å². The van der Waals surface area contributed by atoms with Crippen LogP contribution in [0.5, 0.6) is 11.5 Å². The molecular formula is C14H10BrFN2O3. The average molecular weight is 353 g/mol. The van der Waals surface area contributed by atoms with Crippen molar-refractivity contribution in [3.63, 3.8) is 0 Å². The lowest BCUT2D eigenvalue weighted by atomic mass is 10.1. The molecule has 0 spiro atoms. The minimum atomic E-state index is -0.582. The number of nitrogens with two attached hydrogens (primary N) is 1. The van der Waals surface area contributed by atoms with Gasteiger partial charge in [0.15, 0.2) is 11.5 Å². The van der Waals surface area contributed by atoms with Crippen LogP contribution in [0, 0.1) is 5.82 Å². The Balaban J connectivity index is 1.85. The lowest BCUT2D eigenvalue weighted by Crippen LogP contribution is -2.13. The molecule has 0 aromatic heterocycles. The van der Waals surface area contributed by atoms with Gasteiger partial charge in [0.05, 0.1) is 11.3 Å². The number of nitrogens with one attached hydrogen (secondary N) is 1. The number of amides is 1. The number of carbonyl (C=O) groups excluding carboxylic acids is 1. The highest BCUT2D eigenvalue weighted by atomic mass is 79.9. The highest BCUT2D eigenvalue weighted by molar-refractivity contribution is 9.10. The number of anilines is 2. The van der Waals surface area contributed by atoms with Crippen LogP contribution in [0.4, 0.5) is 15.8 Å². The summed E-state index contributed by atoms with van der Waals surface area (Å²) in [6.45, 7) is 0.160. The fourth-order valence-corrected chi connectivity index (χ4v) is 2.41. The number of hydrogen-bond acceptors (Lipinski definition) is 4. The van der Waals surface area contributed by atoms with Crippen molar-refractivity contribution in [1.82, 2.24) is 0 Å². The summed E-state index contributed by atoms with van der Waals surface area (Å²) in [4.78, 5) is 12.2. The molecule has 1 amide bonds. The third-order valence-electron chi connectivity index (χ3n) is 2.96. The molecule has 2 aromatic rings. The van der Waals surface area contributed by atoms with E-state index in [9.17, 15) is 9.18 Å². The summed E-state index contributed by atoms with van der Waals surface area (Å²) >= 11 is 3.14. The van der Waals surface area contributed by atoms with Crippen LogP contribution in [0.2, 0.25) is 0 Å². The second-order valence-electron chi connectivity index (χ2n) is 4.38. The molecule has 0 radical (unpaired) electrons. The quantitative estimate of drug-likeness (QED) is 0.814. The average Bonchev–Trinajstić information content (AvgIpc) is 2.90. The van der Waals surface area contributed by atoms with Gasteiger partial charge in [0.2, 0.25) is 6.79 Å². The molecule has 1 aliphatic rings. The second kappa shape index (κ2) is 5.25. The predicted octanol–water partition coefficient (Wildman–Crippen LogP) is 3.15. The number of carbonyl (C=O) groups is 1. The Hall–Kier alpha value is -2.28. The largest absolute Gasteiger partial charge is 0.454 e. The Kier molecular flexibility index (Phi) is 3.42. The van der Waals surface area contributed by atoms with Gasteiger partial charge in [0.25, 0.3) is 5.91 Å². The van der Waals surface area contributed by atoms with Crippen LogP contribution < -0.4 is 20.5 Å². The molecule has 108 valence electrons. The third kappa shape index (κ3) is 2.64. The van der Waals surface area contributed by atoms with Crippen LogP contribution >= 0.6 is 15.9 Å². The van der Waals surface area contributed by atoms with Crippen LogP contribution in [0.25, 0.3) is 0 Å². The Bertz CT molecular complexity index is 736. The highest BCUT2D eigenvalue weighted by Crippen LogP contribution is 2.34. The molecule has 2 aromatic carbocycles. The number of ether oxygens (including phenoxy) is 2. The van der Waals surface area contributed by atoms with Crippen LogP contribution in [-0.4, -0.2) is 12.7 Å². The van der Waals surface area contributed by atoms with E-state index >= 15 is 0 Å². The molecular weight excluding hydrogens is 343 g/mol. The van der Waals surface area contributed by atoms with E-state index in [0.717, 1.165) is 6.07 Å². The number of halogens is 2. The maximum absolute atomic E-state index is 13.3. The van der Waals surface area contributed by atoms with Gasteiger partial charge in [-0.1, -0.05) is 0 Å². The summed E-state index contributed by atoms with van der Waals surface area (Å²) in [7, 11) is 0. The first kappa shape index (κ1) is 13.7. The normalized spacial score (nSPS) is 12.3. The SMILES string of the molecule is Nc1cc(C(=O)Nc2ccc3c(c2)OCO3)c(Br)cc1F. The van der Waals surface area contributed by atoms with Crippen LogP contribution in [0.15, 0.2) is 34.8 Å². The van der Waals surface area contributed by atoms with Crippen molar-refractivity contribution in [2.75, 3.05) is 17.8 Å². The van der Waals surface area contributed by atoms with E-state index in [4.69, 9.17) is 15.2 Å². The number of rotatable bonds is 2. The maximum Gasteiger partial charge on any atom is 0.256 e. The monoisotopic (exact) mass is 352 g/mol. The molecule has 5 nitrogen and oxygen atoms in total. The summed E-state index contributed by atoms with van der Waals surface area (Å²) in [5, 5.41) is 2.69. The van der Waals surface area contributed by atoms with Gasteiger partial charge in [-0.15, -0.1) is 0 Å². The molecule has 21 heavy (non-hydrogen) atoms. The molecule has 0 fully saturated rings. The van der Waals surface area contributed by atoms with Gasteiger partial charge in [-0.05, 0) is 40.2 Å². The Labute approximate surface area is 128 Å². The van der Waals surface area contributed by atoms with Gasteiger partial charge < -0.3 is 20.5 Å². The summed E-state index contributed by atoms with van der Waals surface area (Å²) in [6.07, 6.45) is 0. The predicted molar refractivity (Wildman–Crippen MR) is 79.0 cm³/mol. The summed E-state index contributed by atoms with van der Waals surface area (Å²) in [6, 6.07) is 7.48. The van der Waals surface area contributed by atoms with E-state index < -0.39 is 11.7 Å². The van der Waals surface area contributed by atoms with E-state index in [1.54, 1.807) is 18.2 Å².